The van der Waals surface area contributed by atoms with Crippen LogP contribution >= 0.6 is 11.6 Å². The van der Waals surface area contributed by atoms with Gasteiger partial charge in [0.25, 0.3) is 0 Å². The predicted octanol–water partition coefficient (Wildman–Crippen LogP) is 1.56. The number of benzene rings is 1. The normalized spacial score (nSPS) is 22.9. The van der Waals surface area contributed by atoms with Crippen molar-refractivity contribution < 1.29 is 8.42 Å². The molecule has 0 spiro atoms. The Morgan fingerprint density at radius 3 is 2.81 bits per heavy atom. The first-order valence-electron chi connectivity index (χ1n) is 5.14. The van der Waals surface area contributed by atoms with Gasteiger partial charge in [0.05, 0.1) is 17.4 Å². The lowest BCUT2D eigenvalue weighted by Crippen LogP contribution is -2.44. The van der Waals surface area contributed by atoms with Gasteiger partial charge in [0, 0.05) is 6.04 Å². The zero-order valence-corrected chi connectivity index (χ0v) is 10.1. The third kappa shape index (κ3) is 1.50. The molecule has 1 aliphatic heterocycles. The molecule has 0 atom stereocenters. The summed E-state index contributed by atoms with van der Waals surface area (Å²) >= 11 is 5.97. The SMILES string of the molecule is O=S1(=O)NCN(C2CC2)c2cccc(Cl)c21. The number of nitrogens with one attached hydrogen (secondary N) is 1. The summed E-state index contributed by atoms with van der Waals surface area (Å²) in [5, 5.41) is 0.287. The Bertz CT molecular complexity index is 540. The van der Waals surface area contributed by atoms with Crippen molar-refractivity contribution in [3.63, 3.8) is 0 Å². The highest BCUT2D eigenvalue weighted by Gasteiger charge is 2.37. The molecule has 0 aromatic heterocycles. The second-order valence-electron chi connectivity index (χ2n) is 4.09. The van der Waals surface area contributed by atoms with Crippen molar-refractivity contribution in [1.82, 2.24) is 4.72 Å². The summed E-state index contributed by atoms with van der Waals surface area (Å²) in [5.74, 6) is 0. The maximum absolute atomic E-state index is 11.9. The molecule has 4 nitrogen and oxygen atoms in total. The fourth-order valence-corrected chi connectivity index (χ4v) is 3.73. The quantitative estimate of drug-likeness (QED) is 0.832. The second-order valence-corrected chi connectivity index (χ2v) is 6.21. The molecule has 1 aromatic carbocycles. The summed E-state index contributed by atoms with van der Waals surface area (Å²) in [5.41, 5.74) is 0.730. The highest BCUT2D eigenvalue weighted by molar-refractivity contribution is 7.89. The number of nitrogens with zero attached hydrogens (tertiary/aromatic N) is 1. The molecule has 1 N–H and O–H groups in total. The standard InChI is InChI=1S/C10H11ClN2O2S/c11-8-2-1-3-9-10(8)16(14,15)12-6-13(9)7-4-5-7/h1-3,7,12H,4-6H2. The number of rotatable bonds is 1. The van der Waals surface area contributed by atoms with Gasteiger partial charge in [0.2, 0.25) is 10.0 Å². The summed E-state index contributed by atoms with van der Waals surface area (Å²) in [6, 6.07) is 5.67. The third-order valence-corrected chi connectivity index (χ3v) is 4.84. The summed E-state index contributed by atoms with van der Waals surface area (Å²) < 4.78 is 26.3. The van der Waals surface area contributed by atoms with Crippen molar-refractivity contribution in [2.24, 2.45) is 0 Å². The van der Waals surface area contributed by atoms with Crippen molar-refractivity contribution in [2.45, 2.75) is 23.8 Å². The van der Waals surface area contributed by atoms with Gasteiger partial charge in [-0.15, -0.1) is 0 Å². The van der Waals surface area contributed by atoms with Crippen LogP contribution in [0.3, 0.4) is 0 Å². The van der Waals surface area contributed by atoms with Gasteiger partial charge in [-0.2, -0.15) is 4.72 Å². The minimum atomic E-state index is -3.44. The van der Waals surface area contributed by atoms with E-state index in [0.717, 1.165) is 18.5 Å². The van der Waals surface area contributed by atoms with Crippen LogP contribution in [0.25, 0.3) is 0 Å². The molecule has 1 fully saturated rings. The molecule has 6 heteroatoms. The van der Waals surface area contributed by atoms with E-state index in [4.69, 9.17) is 11.6 Å². The molecule has 2 aliphatic rings. The molecule has 0 amide bonds. The van der Waals surface area contributed by atoms with Crippen molar-refractivity contribution in [3.8, 4) is 0 Å². The van der Waals surface area contributed by atoms with Crippen LogP contribution in [0, 0.1) is 0 Å². The van der Waals surface area contributed by atoms with Crippen LogP contribution in [0.15, 0.2) is 23.1 Å². The van der Waals surface area contributed by atoms with E-state index in [1.807, 2.05) is 6.07 Å². The maximum Gasteiger partial charge on any atom is 0.245 e. The number of hydrogen-bond acceptors (Lipinski definition) is 3. The molecular formula is C10H11ClN2O2S. The average molecular weight is 259 g/mol. The van der Waals surface area contributed by atoms with E-state index in [2.05, 4.69) is 9.62 Å². The van der Waals surface area contributed by atoms with Gasteiger partial charge < -0.3 is 4.90 Å². The molecule has 1 aliphatic carbocycles. The second kappa shape index (κ2) is 3.35. The lowest BCUT2D eigenvalue weighted by atomic mass is 10.3. The Hall–Kier alpha value is -0.780. The van der Waals surface area contributed by atoms with Gasteiger partial charge in [-0.3, -0.25) is 0 Å². The van der Waals surface area contributed by atoms with Gasteiger partial charge in [-0.1, -0.05) is 17.7 Å². The first-order valence-corrected chi connectivity index (χ1v) is 7.00. The lowest BCUT2D eigenvalue weighted by molar-refractivity contribution is 0.570. The average Bonchev–Trinajstić information content (AvgIpc) is 3.01. The van der Waals surface area contributed by atoms with Gasteiger partial charge in [-0.05, 0) is 25.0 Å². The zero-order valence-electron chi connectivity index (χ0n) is 8.48. The Balaban J connectivity index is 2.21. The predicted molar refractivity (Wildman–Crippen MR) is 62.1 cm³/mol. The van der Waals surface area contributed by atoms with Crippen LogP contribution in [-0.2, 0) is 10.0 Å². The van der Waals surface area contributed by atoms with Crippen molar-refractivity contribution in [3.05, 3.63) is 23.2 Å². The van der Waals surface area contributed by atoms with E-state index in [-0.39, 0.29) is 9.92 Å². The van der Waals surface area contributed by atoms with Gasteiger partial charge in [-0.25, -0.2) is 8.42 Å². The molecule has 0 radical (unpaired) electrons. The Kier molecular flexibility index (Phi) is 2.18. The van der Waals surface area contributed by atoms with E-state index >= 15 is 0 Å². The van der Waals surface area contributed by atoms with Gasteiger partial charge >= 0.3 is 0 Å². The van der Waals surface area contributed by atoms with Crippen LogP contribution in [0.1, 0.15) is 12.8 Å². The Labute approximate surface area is 99.3 Å². The van der Waals surface area contributed by atoms with Gasteiger partial charge in [0.1, 0.15) is 4.90 Å². The van der Waals surface area contributed by atoms with Crippen molar-refractivity contribution in [1.29, 1.82) is 0 Å². The van der Waals surface area contributed by atoms with Crippen molar-refractivity contribution in [2.75, 3.05) is 11.6 Å². The van der Waals surface area contributed by atoms with Crippen LogP contribution < -0.4 is 9.62 Å². The number of sulfonamides is 1. The molecule has 0 unspecified atom stereocenters. The summed E-state index contributed by atoms with van der Waals surface area (Å²) in [6.07, 6.45) is 2.24. The van der Waals surface area contributed by atoms with Crippen LogP contribution in [-0.4, -0.2) is 21.1 Å². The minimum absolute atomic E-state index is 0.217. The fraction of sp³-hybridized carbons (Fsp3) is 0.400. The smallest absolute Gasteiger partial charge is 0.245 e. The van der Waals surface area contributed by atoms with E-state index in [1.54, 1.807) is 12.1 Å². The number of anilines is 1. The van der Waals surface area contributed by atoms with Crippen LogP contribution in [0.2, 0.25) is 5.02 Å². The summed E-state index contributed by atoms with van der Waals surface area (Å²) in [6.45, 7) is 0.348. The fourth-order valence-electron chi connectivity index (χ4n) is 2.01. The molecule has 0 bridgehead atoms. The first-order chi connectivity index (χ1) is 7.59. The highest BCUT2D eigenvalue weighted by Crippen LogP contribution is 2.39. The van der Waals surface area contributed by atoms with Crippen molar-refractivity contribution >= 4 is 27.3 Å². The topological polar surface area (TPSA) is 49.4 Å². The largest absolute Gasteiger partial charge is 0.354 e. The molecule has 1 saturated carbocycles. The third-order valence-electron chi connectivity index (χ3n) is 2.94. The molecular weight excluding hydrogens is 248 g/mol. The Morgan fingerprint density at radius 1 is 1.38 bits per heavy atom. The molecule has 1 heterocycles. The number of fused-ring (bicyclic) bond motifs is 1. The molecule has 3 rings (SSSR count). The molecule has 0 saturated heterocycles. The van der Waals surface area contributed by atoms with E-state index < -0.39 is 10.0 Å². The molecule has 1 aromatic rings. The summed E-state index contributed by atoms with van der Waals surface area (Å²) in [7, 11) is -3.44. The zero-order chi connectivity index (χ0) is 11.3. The molecule has 16 heavy (non-hydrogen) atoms. The molecule has 86 valence electrons. The monoisotopic (exact) mass is 258 g/mol. The Morgan fingerprint density at radius 2 is 2.12 bits per heavy atom. The van der Waals surface area contributed by atoms with Gasteiger partial charge in [0.15, 0.2) is 0 Å². The summed E-state index contributed by atoms with van der Waals surface area (Å²) in [4.78, 5) is 2.29. The first kappa shape index (κ1) is 10.4. The van der Waals surface area contributed by atoms with Crippen LogP contribution in [0.4, 0.5) is 5.69 Å². The van der Waals surface area contributed by atoms with E-state index in [9.17, 15) is 8.42 Å². The number of hydrogen-bond donors (Lipinski definition) is 1. The van der Waals surface area contributed by atoms with Crippen LogP contribution in [0.5, 0.6) is 0 Å². The minimum Gasteiger partial charge on any atom is -0.354 e. The maximum atomic E-state index is 11.9. The van der Waals surface area contributed by atoms with E-state index in [1.165, 1.54) is 0 Å². The lowest BCUT2D eigenvalue weighted by Gasteiger charge is -2.31. The van der Waals surface area contributed by atoms with E-state index in [0.29, 0.717) is 12.7 Å². The number of halogens is 1. The highest BCUT2D eigenvalue weighted by atomic mass is 35.5.